The van der Waals surface area contributed by atoms with Crippen molar-refractivity contribution in [2.24, 2.45) is 0 Å². The van der Waals surface area contributed by atoms with E-state index in [9.17, 15) is 19.2 Å². The molecular weight excluding hydrogens is 573 g/mol. The fourth-order valence-corrected chi connectivity index (χ4v) is 8.30. The number of benzene rings is 2. The first-order chi connectivity index (χ1) is 17.4. The molecule has 1 heterocycles. The van der Waals surface area contributed by atoms with E-state index in [1.54, 1.807) is 41.3 Å². The SMILES string of the molecule is CCCCCCCCN1CC(=O)[O][Sn]([O]C(=O)c2ccccc2)([O]C(=O)c2ccccc2)[O]C(=O)C1. The van der Waals surface area contributed by atoms with Crippen molar-refractivity contribution in [1.82, 2.24) is 4.90 Å². The Labute approximate surface area is 216 Å². The average Bonchev–Trinajstić information content (AvgIpc) is 2.86. The van der Waals surface area contributed by atoms with Gasteiger partial charge in [0.05, 0.1) is 0 Å². The fraction of sp³-hybridized carbons (Fsp3) is 0.385. The zero-order valence-electron chi connectivity index (χ0n) is 20.4. The molecule has 0 radical (unpaired) electrons. The molecule has 1 saturated heterocycles. The zero-order chi connectivity index (χ0) is 25.8. The number of hydrogen-bond acceptors (Lipinski definition) is 9. The van der Waals surface area contributed by atoms with Gasteiger partial charge in [-0.3, -0.25) is 0 Å². The Morgan fingerprint density at radius 1 is 0.750 bits per heavy atom. The summed E-state index contributed by atoms with van der Waals surface area (Å²) in [6.45, 7) is 2.23. The summed E-state index contributed by atoms with van der Waals surface area (Å²) < 4.78 is 21.7. The van der Waals surface area contributed by atoms with E-state index in [-0.39, 0.29) is 24.2 Å². The summed E-state index contributed by atoms with van der Waals surface area (Å²) in [7, 11) is 0. The maximum absolute atomic E-state index is 12.8. The molecule has 0 amide bonds. The van der Waals surface area contributed by atoms with Crippen LogP contribution in [0.15, 0.2) is 60.7 Å². The van der Waals surface area contributed by atoms with Crippen molar-refractivity contribution in [3.8, 4) is 0 Å². The Morgan fingerprint density at radius 3 is 1.67 bits per heavy atom. The van der Waals surface area contributed by atoms with Gasteiger partial charge < -0.3 is 0 Å². The Kier molecular flexibility index (Phi) is 10.7. The van der Waals surface area contributed by atoms with Crippen LogP contribution in [0.3, 0.4) is 0 Å². The van der Waals surface area contributed by atoms with Crippen molar-refractivity contribution in [2.45, 2.75) is 45.4 Å². The van der Waals surface area contributed by atoms with Crippen molar-refractivity contribution >= 4 is 43.9 Å². The molecule has 0 aliphatic carbocycles. The minimum absolute atomic E-state index is 0.128. The first kappa shape index (κ1) is 27.7. The second kappa shape index (κ2) is 14.0. The number of nitrogens with zero attached hydrogens (tertiary/aromatic N) is 1. The second-order valence-electron chi connectivity index (χ2n) is 8.44. The monoisotopic (exact) mass is 605 g/mol. The molecular formula is C26H31NO8Sn. The van der Waals surface area contributed by atoms with Gasteiger partial charge in [-0.05, 0) is 0 Å². The molecule has 9 nitrogen and oxygen atoms in total. The maximum atomic E-state index is 12.8. The number of hydrogen-bond donors (Lipinski definition) is 0. The summed E-state index contributed by atoms with van der Waals surface area (Å²) in [5.41, 5.74) is 0.256. The molecule has 0 saturated carbocycles. The molecule has 0 aromatic heterocycles. The molecule has 0 atom stereocenters. The summed E-state index contributed by atoms with van der Waals surface area (Å²) in [4.78, 5) is 52.8. The fourth-order valence-electron chi connectivity index (χ4n) is 3.66. The van der Waals surface area contributed by atoms with E-state index in [2.05, 4.69) is 6.92 Å². The third-order valence-corrected chi connectivity index (χ3v) is 10.7. The minimum atomic E-state index is -5.86. The molecule has 1 aliphatic heterocycles. The van der Waals surface area contributed by atoms with E-state index in [0.717, 1.165) is 32.1 Å². The van der Waals surface area contributed by atoms with Crippen LogP contribution in [0.2, 0.25) is 0 Å². The third-order valence-electron chi connectivity index (χ3n) is 5.47. The van der Waals surface area contributed by atoms with Crippen LogP contribution in [0, 0.1) is 0 Å². The van der Waals surface area contributed by atoms with Gasteiger partial charge in [0.25, 0.3) is 0 Å². The van der Waals surface area contributed by atoms with Gasteiger partial charge >= 0.3 is 217 Å². The summed E-state index contributed by atoms with van der Waals surface area (Å²) >= 11 is -5.86. The van der Waals surface area contributed by atoms with Crippen molar-refractivity contribution < 1.29 is 31.5 Å². The van der Waals surface area contributed by atoms with E-state index in [1.165, 1.54) is 30.7 Å². The predicted molar refractivity (Wildman–Crippen MR) is 131 cm³/mol. The standard InChI is InChI=1S/C12H23NO4.2C7H6O2.Sn/c1-2-3-4-5-6-7-8-13(9-11(14)15)10-12(16)17;2*8-7(9)6-4-2-1-3-5-6;/h2-10H2,1H3,(H,14,15)(H,16,17);2*1-5H,(H,8,9);/q;;;+4/p-4. The van der Waals surface area contributed by atoms with Crippen LogP contribution >= 0.6 is 0 Å². The van der Waals surface area contributed by atoms with Crippen LogP contribution in [0.4, 0.5) is 0 Å². The van der Waals surface area contributed by atoms with Crippen molar-refractivity contribution in [3.05, 3.63) is 71.8 Å². The van der Waals surface area contributed by atoms with Crippen LogP contribution in [0.5, 0.6) is 0 Å². The molecule has 2 aromatic carbocycles. The number of carbonyl (C=O) groups excluding carboxylic acids is 4. The first-order valence-electron chi connectivity index (χ1n) is 12.1. The summed E-state index contributed by atoms with van der Waals surface area (Å²) in [6, 6.07) is 15.8. The topological polar surface area (TPSA) is 108 Å². The van der Waals surface area contributed by atoms with E-state index in [0.29, 0.717) is 6.54 Å². The third kappa shape index (κ3) is 8.63. The normalized spacial score (nSPS) is 15.7. The molecule has 0 spiro atoms. The molecule has 1 fully saturated rings. The number of rotatable bonds is 11. The Balaban J connectivity index is 1.74. The van der Waals surface area contributed by atoms with E-state index in [4.69, 9.17) is 12.3 Å². The van der Waals surface area contributed by atoms with Crippen molar-refractivity contribution in [2.75, 3.05) is 19.6 Å². The van der Waals surface area contributed by atoms with Crippen molar-refractivity contribution in [1.29, 1.82) is 0 Å². The molecule has 2 aromatic rings. The molecule has 3 rings (SSSR count). The zero-order valence-corrected chi connectivity index (χ0v) is 23.2. The van der Waals surface area contributed by atoms with Crippen LogP contribution in [-0.2, 0) is 21.9 Å². The summed E-state index contributed by atoms with van der Waals surface area (Å²) in [6.07, 6.45) is 6.36. The number of carbonyl (C=O) groups is 4. The summed E-state index contributed by atoms with van der Waals surface area (Å²) in [5.74, 6) is -3.41. The second-order valence-corrected chi connectivity index (χ2v) is 13.6. The van der Waals surface area contributed by atoms with Gasteiger partial charge in [0.15, 0.2) is 0 Å². The van der Waals surface area contributed by atoms with Gasteiger partial charge in [-0.2, -0.15) is 0 Å². The van der Waals surface area contributed by atoms with Crippen molar-refractivity contribution in [3.63, 3.8) is 0 Å². The molecule has 0 unspecified atom stereocenters. The van der Waals surface area contributed by atoms with E-state index in [1.807, 2.05) is 0 Å². The molecule has 1 aliphatic rings. The van der Waals surface area contributed by atoms with Crippen LogP contribution in [0.25, 0.3) is 0 Å². The Morgan fingerprint density at radius 2 is 1.19 bits per heavy atom. The van der Waals surface area contributed by atoms with Crippen LogP contribution in [-0.4, -0.2) is 68.4 Å². The van der Waals surface area contributed by atoms with Crippen LogP contribution < -0.4 is 0 Å². The van der Waals surface area contributed by atoms with Gasteiger partial charge in [-0.25, -0.2) is 0 Å². The van der Waals surface area contributed by atoms with Gasteiger partial charge in [-0.15, -0.1) is 0 Å². The Hall–Kier alpha value is -2.92. The quantitative estimate of drug-likeness (QED) is 0.279. The number of unbranched alkanes of at least 4 members (excludes halogenated alkanes) is 5. The van der Waals surface area contributed by atoms with Gasteiger partial charge in [0.1, 0.15) is 0 Å². The van der Waals surface area contributed by atoms with Gasteiger partial charge in [-0.1, -0.05) is 0 Å². The molecule has 0 bridgehead atoms. The molecule has 0 N–H and O–H groups in total. The van der Waals surface area contributed by atoms with Gasteiger partial charge in [0.2, 0.25) is 0 Å². The van der Waals surface area contributed by atoms with Gasteiger partial charge in [0, 0.05) is 0 Å². The molecule has 36 heavy (non-hydrogen) atoms. The predicted octanol–water partition coefficient (Wildman–Crippen LogP) is 3.90. The van der Waals surface area contributed by atoms with E-state index < -0.39 is 43.9 Å². The average molecular weight is 604 g/mol. The summed E-state index contributed by atoms with van der Waals surface area (Å²) in [5, 5.41) is 0. The molecule has 10 heteroatoms. The Bertz CT molecular complexity index is 955. The van der Waals surface area contributed by atoms with Crippen LogP contribution in [0.1, 0.15) is 66.2 Å². The van der Waals surface area contributed by atoms with E-state index >= 15 is 0 Å². The first-order valence-corrected chi connectivity index (χ1v) is 16.8. The molecule has 192 valence electrons.